The number of carbonyl (C=O) groups excluding carboxylic acids is 1. The lowest BCUT2D eigenvalue weighted by Crippen LogP contribution is -2.38. The van der Waals surface area contributed by atoms with Crippen molar-refractivity contribution in [3.63, 3.8) is 0 Å². The third-order valence-corrected chi connectivity index (χ3v) is 2.25. The maximum atomic E-state index is 11.1. The zero-order valence-corrected chi connectivity index (χ0v) is 8.03. The van der Waals surface area contributed by atoms with Crippen molar-refractivity contribution in [1.82, 2.24) is 10.4 Å². The van der Waals surface area contributed by atoms with Gasteiger partial charge in [-0.1, -0.05) is 18.2 Å². The number of para-hydroxylation sites is 1. The van der Waals surface area contributed by atoms with Gasteiger partial charge in [-0.25, -0.2) is 5.01 Å². The zero-order chi connectivity index (χ0) is 9.97. The first-order valence-electron chi connectivity index (χ1n) is 4.59. The number of hydrazine groups is 1. The molecular formula is C10H13N3O. The molecule has 2 N–H and O–H groups in total. The van der Waals surface area contributed by atoms with Crippen LogP contribution in [0.2, 0.25) is 0 Å². The molecule has 1 unspecified atom stereocenters. The lowest BCUT2D eigenvalue weighted by molar-refractivity contribution is -0.120. The molecule has 0 aromatic heterocycles. The molecule has 1 aliphatic rings. The summed E-state index contributed by atoms with van der Waals surface area (Å²) in [4.78, 5) is 11.1. The van der Waals surface area contributed by atoms with Crippen molar-refractivity contribution < 1.29 is 4.79 Å². The Morgan fingerprint density at radius 2 is 2.14 bits per heavy atom. The lowest BCUT2D eigenvalue weighted by Gasteiger charge is -2.20. The van der Waals surface area contributed by atoms with Crippen molar-refractivity contribution >= 4 is 11.6 Å². The minimum Gasteiger partial charge on any atom is -0.368 e. The van der Waals surface area contributed by atoms with Crippen molar-refractivity contribution in [2.24, 2.45) is 0 Å². The summed E-state index contributed by atoms with van der Waals surface area (Å²) < 4.78 is 0. The van der Waals surface area contributed by atoms with E-state index in [1.165, 1.54) is 0 Å². The third-order valence-electron chi connectivity index (χ3n) is 2.25. The van der Waals surface area contributed by atoms with Crippen LogP contribution in [0.1, 0.15) is 6.42 Å². The first-order chi connectivity index (χ1) is 6.75. The molecule has 0 aliphatic carbocycles. The average molecular weight is 191 g/mol. The van der Waals surface area contributed by atoms with Gasteiger partial charge in [-0.05, 0) is 12.1 Å². The summed E-state index contributed by atoms with van der Waals surface area (Å²) in [6.45, 7) is 0. The zero-order valence-electron chi connectivity index (χ0n) is 8.03. The van der Waals surface area contributed by atoms with Crippen LogP contribution in [-0.4, -0.2) is 24.1 Å². The number of hydrogen-bond acceptors (Lipinski definition) is 3. The Kier molecular flexibility index (Phi) is 2.37. The van der Waals surface area contributed by atoms with Gasteiger partial charge in [-0.15, -0.1) is 0 Å². The maximum absolute atomic E-state index is 11.1. The van der Waals surface area contributed by atoms with Crippen LogP contribution in [0, 0.1) is 0 Å². The van der Waals surface area contributed by atoms with Crippen LogP contribution in [0.25, 0.3) is 0 Å². The molecule has 4 nitrogen and oxygen atoms in total. The predicted octanol–water partition coefficient (Wildman–Crippen LogP) is 0.791. The monoisotopic (exact) mass is 191 g/mol. The van der Waals surface area contributed by atoms with E-state index in [-0.39, 0.29) is 12.1 Å². The van der Waals surface area contributed by atoms with Gasteiger partial charge in [0, 0.05) is 12.7 Å². The highest BCUT2D eigenvalue weighted by molar-refractivity contribution is 5.78. The van der Waals surface area contributed by atoms with Gasteiger partial charge in [0.1, 0.15) is 6.17 Å². The Labute approximate surface area is 82.9 Å². The standard InChI is InChI=1S/C10H13N3O/c1-13-9(7-10(14)12-13)11-8-5-3-2-4-6-8/h2-6,9,11H,7H2,1H3,(H,12,14). The van der Waals surface area contributed by atoms with E-state index in [1.807, 2.05) is 37.4 Å². The van der Waals surface area contributed by atoms with Crippen LogP contribution in [0.4, 0.5) is 5.69 Å². The molecule has 2 rings (SSSR count). The molecule has 1 aromatic rings. The Morgan fingerprint density at radius 3 is 2.71 bits per heavy atom. The van der Waals surface area contributed by atoms with Crippen LogP contribution in [0.15, 0.2) is 30.3 Å². The van der Waals surface area contributed by atoms with E-state index in [9.17, 15) is 4.79 Å². The van der Waals surface area contributed by atoms with Crippen molar-refractivity contribution in [3.8, 4) is 0 Å². The molecule has 14 heavy (non-hydrogen) atoms. The van der Waals surface area contributed by atoms with E-state index in [0.717, 1.165) is 5.69 Å². The summed E-state index contributed by atoms with van der Waals surface area (Å²) in [5, 5.41) is 5.05. The average Bonchev–Trinajstić information content (AvgIpc) is 2.47. The van der Waals surface area contributed by atoms with E-state index in [2.05, 4.69) is 10.7 Å². The van der Waals surface area contributed by atoms with E-state index in [1.54, 1.807) is 5.01 Å². The fourth-order valence-corrected chi connectivity index (χ4v) is 1.51. The summed E-state index contributed by atoms with van der Waals surface area (Å²) in [6.07, 6.45) is 0.538. The van der Waals surface area contributed by atoms with Crippen molar-refractivity contribution in [2.75, 3.05) is 12.4 Å². The number of rotatable bonds is 2. The number of anilines is 1. The first-order valence-corrected chi connectivity index (χ1v) is 4.59. The smallest absolute Gasteiger partial charge is 0.237 e. The molecule has 0 radical (unpaired) electrons. The minimum absolute atomic E-state index is 0.0462. The molecule has 1 atom stereocenters. The summed E-state index contributed by atoms with van der Waals surface area (Å²) in [5.41, 5.74) is 3.75. The number of carbonyl (C=O) groups is 1. The van der Waals surface area contributed by atoms with Gasteiger partial charge in [0.05, 0.1) is 6.42 Å². The second kappa shape index (κ2) is 3.67. The fourth-order valence-electron chi connectivity index (χ4n) is 1.51. The summed E-state index contributed by atoms with van der Waals surface area (Å²) in [6, 6.07) is 9.86. The Bertz CT molecular complexity index is 325. The van der Waals surface area contributed by atoms with Gasteiger partial charge in [0.15, 0.2) is 0 Å². The highest BCUT2D eigenvalue weighted by atomic mass is 16.2. The maximum Gasteiger partial charge on any atom is 0.237 e. The first kappa shape index (κ1) is 9.02. The Morgan fingerprint density at radius 1 is 1.43 bits per heavy atom. The van der Waals surface area contributed by atoms with Crippen LogP contribution in [0.5, 0.6) is 0 Å². The fraction of sp³-hybridized carbons (Fsp3) is 0.300. The highest BCUT2D eigenvalue weighted by Crippen LogP contribution is 2.13. The Balaban J connectivity index is 2.02. The van der Waals surface area contributed by atoms with Gasteiger partial charge in [-0.3, -0.25) is 10.2 Å². The molecule has 0 saturated carbocycles. The van der Waals surface area contributed by atoms with Gasteiger partial charge in [0.25, 0.3) is 0 Å². The molecule has 1 heterocycles. The van der Waals surface area contributed by atoms with Crippen molar-refractivity contribution in [2.45, 2.75) is 12.6 Å². The largest absolute Gasteiger partial charge is 0.368 e. The van der Waals surface area contributed by atoms with E-state index < -0.39 is 0 Å². The molecule has 1 amide bonds. The SMILES string of the molecule is CN1NC(=O)CC1Nc1ccccc1. The lowest BCUT2D eigenvalue weighted by atomic mass is 10.3. The van der Waals surface area contributed by atoms with Crippen molar-refractivity contribution in [1.29, 1.82) is 0 Å². The second-order valence-electron chi connectivity index (χ2n) is 3.38. The Hall–Kier alpha value is -1.55. The molecule has 74 valence electrons. The summed E-state index contributed by atoms with van der Waals surface area (Å²) >= 11 is 0. The number of nitrogens with zero attached hydrogens (tertiary/aromatic N) is 1. The van der Waals surface area contributed by atoms with Gasteiger partial charge < -0.3 is 5.32 Å². The second-order valence-corrected chi connectivity index (χ2v) is 3.38. The summed E-state index contributed by atoms with van der Waals surface area (Å²) in [5.74, 6) is 0.0564. The third kappa shape index (κ3) is 1.85. The van der Waals surface area contributed by atoms with Crippen LogP contribution in [0.3, 0.4) is 0 Å². The number of benzene rings is 1. The quantitative estimate of drug-likeness (QED) is 0.726. The molecule has 1 aromatic carbocycles. The molecule has 1 aliphatic heterocycles. The van der Waals surface area contributed by atoms with Gasteiger partial charge in [-0.2, -0.15) is 0 Å². The van der Waals surface area contributed by atoms with E-state index in [4.69, 9.17) is 0 Å². The number of nitrogens with one attached hydrogen (secondary N) is 2. The molecule has 0 spiro atoms. The van der Waals surface area contributed by atoms with Gasteiger partial charge >= 0.3 is 0 Å². The summed E-state index contributed by atoms with van der Waals surface area (Å²) in [7, 11) is 1.85. The van der Waals surface area contributed by atoms with E-state index in [0.29, 0.717) is 6.42 Å². The predicted molar refractivity (Wildman–Crippen MR) is 54.4 cm³/mol. The molecule has 0 bridgehead atoms. The normalized spacial score (nSPS) is 22.1. The van der Waals surface area contributed by atoms with Gasteiger partial charge in [0.2, 0.25) is 5.91 Å². The number of hydrogen-bond donors (Lipinski definition) is 2. The molecular weight excluding hydrogens is 178 g/mol. The van der Waals surface area contributed by atoms with Crippen LogP contribution in [-0.2, 0) is 4.79 Å². The van der Waals surface area contributed by atoms with Crippen molar-refractivity contribution in [3.05, 3.63) is 30.3 Å². The molecule has 1 fully saturated rings. The minimum atomic E-state index is 0.0462. The van der Waals surface area contributed by atoms with Crippen LogP contribution >= 0.6 is 0 Å². The van der Waals surface area contributed by atoms with E-state index >= 15 is 0 Å². The van der Waals surface area contributed by atoms with Crippen LogP contribution < -0.4 is 10.7 Å². The number of amides is 1. The molecule has 4 heteroatoms. The topological polar surface area (TPSA) is 44.4 Å². The highest BCUT2D eigenvalue weighted by Gasteiger charge is 2.26. The molecule has 1 saturated heterocycles.